The molecule has 1 aliphatic heterocycles. The lowest BCUT2D eigenvalue weighted by Crippen LogP contribution is -2.47. The number of likely N-dealkylation sites (tertiary alicyclic amines) is 1. The van der Waals surface area contributed by atoms with Gasteiger partial charge in [0, 0.05) is 18.3 Å². The van der Waals surface area contributed by atoms with Crippen LogP contribution in [-0.4, -0.2) is 42.7 Å². The number of aromatic nitrogens is 3. The van der Waals surface area contributed by atoms with Crippen molar-refractivity contribution in [3.63, 3.8) is 0 Å². The average molecular weight is 351 g/mol. The molecule has 0 bridgehead atoms. The largest absolute Gasteiger partial charge is 0.465 e. The summed E-state index contributed by atoms with van der Waals surface area (Å²) in [5.41, 5.74) is 1.70. The van der Waals surface area contributed by atoms with Gasteiger partial charge in [-0.2, -0.15) is 0 Å². The maximum atomic E-state index is 11.9. The van der Waals surface area contributed by atoms with Gasteiger partial charge < -0.3 is 14.6 Å². The van der Waals surface area contributed by atoms with Crippen molar-refractivity contribution in [2.75, 3.05) is 0 Å². The topological polar surface area (TPSA) is 71.2 Å². The zero-order valence-corrected chi connectivity index (χ0v) is 15.2. The van der Waals surface area contributed by atoms with E-state index in [0.717, 1.165) is 29.6 Å². The van der Waals surface area contributed by atoms with E-state index < -0.39 is 6.09 Å². The SMILES string of the molecule is Cc1cc2c(Cl)ncnc2n1CC1CCC(C(C)(C)C)N1C(=O)O. The molecule has 1 fully saturated rings. The number of rotatable bonds is 2. The fourth-order valence-corrected chi connectivity index (χ4v) is 3.98. The van der Waals surface area contributed by atoms with Crippen LogP contribution in [0.5, 0.6) is 0 Å². The van der Waals surface area contributed by atoms with Crippen LogP contribution in [0.4, 0.5) is 4.79 Å². The summed E-state index contributed by atoms with van der Waals surface area (Å²) in [6, 6.07) is 1.93. The summed E-state index contributed by atoms with van der Waals surface area (Å²) in [5, 5.41) is 11.0. The normalized spacial score (nSPS) is 21.6. The summed E-state index contributed by atoms with van der Waals surface area (Å²) >= 11 is 6.15. The van der Waals surface area contributed by atoms with Crippen molar-refractivity contribution in [3.8, 4) is 0 Å². The second-order valence-electron chi connectivity index (χ2n) is 7.60. The number of hydrogen-bond acceptors (Lipinski definition) is 3. The van der Waals surface area contributed by atoms with E-state index in [0.29, 0.717) is 11.7 Å². The smallest absolute Gasteiger partial charge is 0.407 e. The van der Waals surface area contributed by atoms with Crippen molar-refractivity contribution in [1.82, 2.24) is 19.4 Å². The lowest BCUT2D eigenvalue weighted by molar-refractivity contribution is 0.0831. The number of fused-ring (bicyclic) bond motifs is 1. The molecular weight excluding hydrogens is 328 g/mol. The predicted molar refractivity (Wildman–Crippen MR) is 93.4 cm³/mol. The molecule has 6 nitrogen and oxygen atoms in total. The first-order chi connectivity index (χ1) is 11.2. The highest BCUT2D eigenvalue weighted by molar-refractivity contribution is 6.33. The standard InChI is InChI=1S/C17H23ClN4O2/c1-10-7-12-14(18)19-9-20-15(12)21(10)8-11-5-6-13(17(2,3)4)22(11)16(23)24/h7,9,11,13H,5-6,8H2,1-4H3,(H,23,24). The molecule has 2 aromatic rings. The van der Waals surface area contributed by atoms with E-state index in [9.17, 15) is 9.90 Å². The minimum absolute atomic E-state index is 0.0281. The molecule has 7 heteroatoms. The Balaban J connectivity index is 1.95. The Labute approximate surface area is 146 Å². The van der Waals surface area contributed by atoms with Crippen molar-refractivity contribution in [1.29, 1.82) is 0 Å². The molecule has 1 amide bonds. The number of amides is 1. The summed E-state index contributed by atoms with van der Waals surface area (Å²) in [6.45, 7) is 8.86. The van der Waals surface area contributed by atoms with Crippen LogP contribution >= 0.6 is 11.6 Å². The van der Waals surface area contributed by atoms with Crippen molar-refractivity contribution in [3.05, 3.63) is 23.2 Å². The first kappa shape index (κ1) is 17.0. The molecule has 3 rings (SSSR count). The van der Waals surface area contributed by atoms with Crippen molar-refractivity contribution >= 4 is 28.7 Å². The molecule has 1 aliphatic rings. The van der Waals surface area contributed by atoms with Crippen LogP contribution in [-0.2, 0) is 6.54 Å². The highest BCUT2D eigenvalue weighted by Gasteiger charge is 2.43. The van der Waals surface area contributed by atoms with E-state index in [-0.39, 0.29) is 17.5 Å². The van der Waals surface area contributed by atoms with Gasteiger partial charge in [0.25, 0.3) is 0 Å². The van der Waals surface area contributed by atoms with Gasteiger partial charge in [0.1, 0.15) is 17.1 Å². The van der Waals surface area contributed by atoms with E-state index in [4.69, 9.17) is 11.6 Å². The van der Waals surface area contributed by atoms with Gasteiger partial charge in [-0.3, -0.25) is 0 Å². The Morgan fingerprint density at radius 1 is 1.38 bits per heavy atom. The predicted octanol–water partition coefficient (Wildman–Crippen LogP) is 3.95. The Hall–Kier alpha value is -1.82. The van der Waals surface area contributed by atoms with Crippen LogP contribution in [0, 0.1) is 12.3 Å². The fraction of sp³-hybridized carbons (Fsp3) is 0.588. The van der Waals surface area contributed by atoms with Gasteiger partial charge in [0.05, 0.1) is 11.4 Å². The average Bonchev–Trinajstić information content (AvgIpc) is 3.03. The van der Waals surface area contributed by atoms with Crippen molar-refractivity contribution in [2.24, 2.45) is 5.41 Å². The number of aryl methyl sites for hydroxylation is 1. The summed E-state index contributed by atoms with van der Waals surface area (Å²) < 4.78 is 2.05. The lowest BCUT2D eigenvalue weighted by Gasteiger charge is -2.36. The van der Waals surface area contributed by atoms with Crippen LogP contribution in [0.25, 0.3) is 11.0 Å². The second kappa shape index (κ2) is 5.92. The van der Waals surface area contributed by atoms with Crippen molar-refractivity contribution in [2.45, 2.75) is 59.2 Å². The first-order valence-corrected chi connectivity index (χ1v) is 8.55. The van der Waals surface area contributed by atoms with Crippen LogP contribution in [0.2, 0.25) is 5.15 Å². The third kappa shape index (κ3) is 2.83. The Morgan fingerprint density at radius 2 is 2.08 bits per heavy atom. The molecule has 0 aromatic carbocycles. The number of carbonyl (C=O) groups is 1. The van der Waals surface area contributed by atoms with E-state index in [1.807, 2.05) is 13.0 Å². The number of halogens is 1. The van der Waals surface area contributed by atoms with E-state index in [2.05, 4.69) is 35.3 Å². The summed E-state index contributed by atoms with van der Waals surface area (Å²) in [5.74, 6) is 0. The van der Waals surface area contributed by atoms with Crippen LogP contribution in [0.15, 0.2) is 12.4 Å². The first-order valence-electron chi connectivity index (χ1n) is 8.17. The third-order valence-electron chi connectivity index (χ3n) is 4.97. The van der Waals surface area contributed by atoms with Crippen LogP contribution in [0.3, 0.4) is 0 Å². The fourth-order valence-electron chi connectivity index (χ4n) is 3.80. The minimum atomic E-state index is -0.848. The molecule has 2 unspecified atom stereocenters. The molecular formula is C17H23ClN4O2. The Morgan fingerprint density at radius 3 is 2.71 bits per heavy atom. The van der Waals surface area contributed by atoms with E-state index >= 15 is 0 Å². The molecule has 24 heavy (non-hydrogen) atoms. The zero-order chi connectivity index (χ0) is 17.6. The Bertz CT molecular complexity index is 781. The van der Waals surface area contributed by atoms with Gasteiger partial charge in [-0.05, 0) is 31.2 Å². The molecule has 1 N–H and O–H groups in total. The second-order valence-corrected chi connectivity index (χ2v) is 7.96. The maximum absolute atomic E-state index is 11.9. The molecule has 0 spiro atoms. The lowest BCUT2D eigenvalue weighted by atomic mass is 9.85. The highest BCUT2D eigenvalue weighted by Crippen LogP contribution is 2.37. The van der Waals surface area contributed by atoms with Gasteiger partial charge in [-0.25, -0.2) is 14.8 Å². The van der Waals surface area contributed by atoms with Crippen LogP contribution in [0.1, 0.15) is 39.3 Å². The molecule has 3 heterocycles. The van der Waals surface area contributed by atoms with Gasteiger partial charge in [-0.15, -0.1) is 0 Å². The quantitative estimate of drug-likeness (QED) is 0.832. The number of nitrogens with zero attached hydrogens (tertiary/aromatic N) is 4. The summed E-state index contributed by atoms with van der Waals surface area (Å²) in [6.07, 6.45) is 2.34. The molecule has 0 radical (unpaired) electrons. The van der Waals surface area contributed by atoms with E-state index in [1.54, 1.807) is 4.90 Å². The van der Waals surface area contributed by atoms with Crippen LogP contribution < -0.4 is 0 Å². The van der Waals surface area contributed by atoms with Gasteiger partial charge in [0.15, 0.2) is 0 Å². The molecule has 2 aromatic heterocycles. The summed E-state index contributed by atoms with van der Waals surface area (Å²) in [4.78, 5) is 21.9. The van der Waals surface area contributed by atoms with Gasteiger partial charge in [0.2, 0.25) is 0 Å². The minimum Gasteiger partial charge on any atom is -0.465 e. The number of hydrogen-bond donors (Lipinski definition) is 1. The maximum Gasteiger partial charge on any atom is 0.407 e. The molecule has 0 aliphatic carbocycles. The third-order valence-corrected chi connectivity index (χ3v) is 5.27. The number of carboxylic acid groups (broad SMARTS) is 1. The highest BCUT2D eigenvalue weighted by atomic mass is 35.5. The molecule has 1 saturated heterocycles. The van der Waals surface area contributed by atoms with Gasteiger partial charge in [-0.1, -0.05) is 32.4 Å². The van der Waals surface area contributed by atoms with Gasteiger partial charge >= 0.3 is 6.09 Å². The van der Waals surface area contributed by atoms with Crippen molar-refractivity contribution < 1.29 is 9.90 Å². The Kier molecular flexibility index (Phi) is 4.20. The van der Waals surface area contributed by atoms with E-state index in [1.165, 1.54) is 6.33 Å². The molecule has 0 saturated carbocycles. The molecule has 130 valence electrons. The zero-order valence-electron chi connectivity index (χ0n) is 14.5. The summed E-state index contributed by atoms with van der Waals surface area (Å²) in [7, 11) is 0. The molecule has 2 atom stereocenters. The monoisotopic (exact) mass is 350 g/mol.